The molecule has 5 atom stereocenters. The molecule has 14 nitrogen and oxygen atoms in total. The molecule has 3 rings (SSSR count). The van der Waals surface area contributed by atoms with E-state index in [1.54, 1.807) is 0 Å². The largest absolute Gasteiger partial charge is 0.463 e. The molecule has 1 aromatic rings. The highest BCUT2D eigenvalue weighted by Crippen LogP contribution is 2.39. The number of carbonyl (C=O) groups excluding carboxylic acids is 5. The molecule has 0 spiro atoms. The second-order valence-electron chi connectivity index (χ2n) is 8.49. The lowest BCUT2D eigenvalue weighted by atomic mass is 9.96. The van der Waals surface area contributed by atoms with E-state index in [0.29, 0.717) is 5.56 Å². The standard InChI is InChI=1S/C24H24N2O12S2/c1-11(27)34-10-17-19(35-12(2)28)20(36-13(3)29)21(37-14(4)30)23(38-17)25-22(31)18(40-24(25)39)9-15-5-7-16(8-6-15)26(32)33/h5-9,17,19-21,23H,10H2,1-4H3/b18-9-/t17-,19-,20-,21-,23+/m0/s1. The molecule has 2 aliphatic heterocycles. The van der Waals surface area contributed by atoms with Crippen molar-refractivity contribution in [1.29, 1.82) is 0 Å². The van der Waals surface area contributed by atoms with Gasteiger partial charge in [-0.3, -0.25) is 39.0 Å². The molecular weight excluding hydrogens is 572 g/mol. The minimum Gasteiger partial charge on any atom is -0.463 e. The first-order valence-electron chi connectivity index (χ1n) is 11.6. The molecule has 0 unspecified atom stereocenters. The van der Waals surface area contributed by atoms with E-state index < -0.39 is 72.0 Å². The number of non-ortho nitro benzene ring substituents is 1. The number of nitro benzene ring substituents is 1. The zero-order valence-electron chi connectivity index (χ0n) is 21.6. The molecule has 2 fully saturated rings. The molecule has 0 radical (unpaired) electrons. The van der Waals surface area contributed by atoms with Crippen molar-refractivity contribution in [2.45, 2.75) is 58.3 Å². The molecule has 2 saturated heterocycles. The summed E-state index contributed by atoms with van der Waals surface area (Å²) in [6.07, 6.45) is -5.69. The Labute approximate surface area is 237 Å². The van der Waals surface area contributed by atoms with Crippen LogP contribution in [0.25, 0.3) is 6.08 Å². The number of nitrogens with zero attached hydrogens (tertiary/aromatic N) is 2. The fourth-order valence-corrected chi connectivity index (χ4v) is 5.27. The molecular formula is C24H24N2O12S2. The Morgan fingerprint density at radius 3 is 2.05 bits per heavy atom. The van der Waals surface area contributed by atoms with Gasteiger partial charge >= 0.3 is 23.9 Å². The Balaban J connectivity index is 2.03. The van der Waals surface area contributed by atoms with Crippen LogP contribution in [0.2, 0.25) is 0 Å². The molecule has 0 bridgehead atoms. The van der Waals surface area contributed by atoms with Gasteiger partial charge in [0.1, 0.15) is 12.7 Å². The van der Waals surface area contributed by atoms with Crippen LogP contribution in [0.1, 0.15) is 33.3 Å². The van der Waals surface area contributed by atoms with Gasteiger partial charge < -0.3 is 23.7 Å². The Bertz CT molecular complexity index is 1260. The minimum atomic E-state index is -1.51. The van der Waals surface area contributed by atoms with Gasteiger partial charge in [0.2, 0.25) is 0 Å². The van der Waals surface area contributed by atoms with Crippen LogP contribution in [0.15, 0.2) is 29.2 Å². The van der Waals surface area contributed by atoms with E-state index in [0.717, 1.165) is 44.4 Å². The minimum absolute atomic E-state index is 0.0148. The summed E-state index contributed by atoms with van der Waals surface area (Å²) in [4.78, 5) is 72.6. The Kier molecular flexibility index (Phi) is 9.94. The predicted octanol–water partition coefficient (Wildman–Crippen LogP) is 1.88. The first-order chi connectivity index (χ1) is 18.8. The van der Waals surface area contributed by atoms with Gasteiger partial charge in [0, 0.05) is 39.8 Å². The van der Waals surface area contributed by atoms with Crippen molar-refractivity contribution in [2.75, 3.05) is 6.61 Å². The summed E-state index contributed by atoms with van der Waals surface area (Å²) < 4.78 is 27.2. The van der Waals surface area contributed by atoms with Crippen molar-refractivity contribution in [3.8, 4) is 0 Å². The van der Waals surface area contributed by atoms with Crippen molar-refractivity contribution in [3.05, 3.63) is 44.8 Å². The van der Waals surface area contributed by atoms with E-state index in [2.05, 4.69) is 0 Å². The van der Waals surface area contributed by atoms with Crippen LogP contribution in [-0.4, -0.2) is 81.2 Å². The van der Waals surface area contributed by atoms with Gasteiger partial charge in [-0.25, -0.2) is 0 Å². The number of nitro groups is 1. The average Bonchev–Trinajstić information content (AvgIpc) is 3.12. The monoisotopic (exact) mass is 596 g/mol. The summed E-state index contributed by atoms with van der Waals surface area (Å²) in [5.74, 6) is -3.81. The Morgan fingerprint density at radius 2 is 1.52 bits per heavy atom. The summed E-state index contributed by atoms with van der Waals surface area (Å²) >= 11 is 6.31. The number of thiocarbonyl (C=S) groups is 1. The van der Waals surface area contributed by atoms with E-state index in [9.17, 15) is 34.1 Å². The summed E-state index contributed by atoms with van der Waals surface area (Å²) in [5, 5.41) is 10.9. The molecule has 0 aliphatic carbocycles. The van der Waals surface area contributed by atoms with Crippen LogP contribution in [0.4, 0.5) is 5.69 Å². The highest BCUT2D eigenvalue weighted by atomic mass is 32.2. The van der Waals surface area contributed by atoms with Crippen molar-refractivity contribution >= 4 is 69.8 Å². The van der Waals surface area contributed by atoms with Gasteiger partial charge in [0.05, 0.1) is 9.83 Å². The van der Waals surface area contributed by atoms with Crippen molar-refractivity contribution < 1.29 is 52.6 Å². The van der Waals surface area contributed by atoms with Crippen molar-refractivity contribution in [2.24, 2.45) is 0 Å². The van der Waals surface area contributed by atoms with E-state index in [4.69, 9.17) is 35.9 Å². The zero-order valence-corrected chi connectivity index (χ0v) is 23.2. The fraction of sp³-hybridized carbons (Fsp3) is 0.417. The van der Waals surface area contributed by atoms with E-state index in [1.165, 1.54) is 30.3 Å². The third-order valence-electron chi connectivity index (χ3n) is 5.45. The highest BCUT2D eigenvalue weighted by Gasteiger charge is 2.56. The maximum Gasteiger partial charge on any atom is 0.303 e. The number of thioether (sulfide) groups is 1. The molecule has 0 N–H and O–H groups in total. The number of benzene rings is 1. The number of esters is 4. The van der Waals surface area contributed by atoms with Crippen LogP contribution < -0.4 is 0 Å². The zero-order chi connectivity index (χ0) is 29.7. The van der Waals surface area contributed by atoms with E-state index in [1.807, 2.05) is 0 Å². The molecule has 214 valence electrons. The average molecular weight is 597 g/mol. The number of amides is 1. The van der Waals surface area contributed by atoms with E-state index >= 15 is 0 Å². The maximum absolute atomic E-state index is 13.5. The van der Waals surface area contributed by atoms with Crippen LogP contribution >= 0.6 is 24.0 Å². The Morgan fingerprint density at radius 1 is 0.975 bits per heavy atom. The maximum atomic E-state index is 13.5. The molecule has 0 aromatic heterocycles. The van der Waals surface area contributed by atoms with E-state index in [-0.39, 0.29) is 14.9 Å². The number of hydrogen-bond donors (Lipinski definition) is 0. The smallest absolute Gasteiger partial charge is 0.303 e. The summed E-state index contributed by atoms with van der Waals surface area (Å²) in [5.41, 5.74) is 0.329. The fourth-order valence-electron chi connectivity index (χ4n) is 3.96. The molecule has 2 aliphatic rings. The molecule has 0 saturated carbocycles. The predicted molar refractivity (Wildman–Crippen MR) is 140 cm³/mol. The Hall–Kier alpha value is -3.89. The third-order valence-corrected chi connectivity index (χ3v) is 6.78. The summed E-state index contributed by atoms with van der Waals surface area (Å²) in [7, 11) is 0. The molecule has 1 amide bonds. The van der Waals surface area contributed by atoms with Crippen molar-refractivity contribution in [1.82, 2.24) is 4.90 Å². The van der Waals surface area contributed by atoms with Gasteiger partial charge in [-0.05, 0) is 23.8 Å². The lowest BCUT2D eigenvalue weighted by Crippen LogP contribution is -2.66. The lowest BCUT2D eigenvalue weighted by molar-refractivity contribution is -0.384. The lowest BCUT2D eigenvalue weighted by Gasteiger charge is -2.46. The van der Waals surface area contributed by atoms with Gasteiger partial charge in [-0.15, -0.1) is 0 Å². The first kappa shape index (κ1) is 30.6. The summed E-state index contributed by atoms with van der Waals surface area (Å²) in [6.45, 7) is 3.91. The topological polar surface area (TPSA) is 178 Å². The second-order valence-corrected chi connectivity index (χ2v) is 10.2. The molecule has 40 heavy (non-hydrogen) atoms. The molecule has 1 aromatic carbocycles. The second kappa shape index (κ2) is 13.0. The van der Waals surface area contributed by atoms with Gasteiger partial charge in [-0.2, -0.15) is 0 Å². The number of hydrogen-bond acceptors (Lipinski definition) is 14. The third kappa shape index (κ3) is 7.40. The van der Waals surface area contributed by atoms with Crippen molar-refractivity contribution in [3.63, 3.8) is 0 Å². The number of ether oxygens (including phenoxy) is 5. The highest BCUT2D eigenvalue weighted by molar-refractivity contribution is 8.26. The first-order valence-corrected chi connectivity index (χ1v) is 12.8. The van der Waals surface area contributed by atoms with Crippen LogP contribution in [0, 0.1) is 10.1 Å². The number of rotatable bonds is 8. The van der Waals surface area contributed by atoms with Gasteiger partial charge in [-0.1, -0.05) is 24.0 Å². The van der Waals surface area contributed by atoms with Crippen LogP contribution in [0.3, 0.4) is 0 Å². The molecule has 16 heteroatoms. The van der Waals surface area contributed by atoms with Crippen LogP contribution in [0.5, 0.6) is 0 Å². The number of carbonyl (C=O) groups is 5. The normalized spacial score (nSPS) is 25.4. The quantitative estimate of drug-likeness (QED) is 0.106. The van der Waals surface area contributed by atoms with Gasteiger partial charge in [0.15, 0.2) is 28.9 Å². The SMILES string of the molecule is CC(=O)OC[C@@H]1O[C@@H](N2C(=O)/C(=C/c3ccc([N+](=O)[O-])cc3)SC2=S)[C@@H](OC(C)=O)[C@@H](OC(C)=O)[C@H]1OC(C)=O. The molecule has 2 heterocycles. The summed E-state index contributed by atoms with van der Waals surface area (Å²) in [6, 6.07) is 5.43. The van der Waals surface area contributed by atoms with Crippen LogP contribution in [-0.2, 0) is 47.7 Å². The van der Waals surface area contributed by atoms with Gasteiger partial charge in [0.25, 0.3) is 11.6 Å².